The Morgan fingerprint density at radius 1 is 1.00 bits per heavy atom. The fourth-order valence-corrected chi connectivity index (χ4v) is 2.94. The van der Waals surface area contributed by atoms with Crippen LogP contribution < -0.4 is 0 Å². The van der Waals surface area contributed by atoms with Gasteiger partial charge >= 0.3 is 0 Å². The van der Waals surface area contributed by atoms with Gasteiger partial charge in [-0.3, -0.25) is 14.5 Å². The molecule has 0 N–H and O–H groups in total. The molecular formula is C14H15NO2. The molecule has 2 atom stereocenters. The average molecular weight is 229 g/mol. The third-order valence-corrected chi connectivity index (χ3v) is 3.82. The predicted molar refractivity (Wildman–Crippen MR) is 63.3 cm³/mol. The highest BCUT2D eigenvalue weighted by molar-refractivity contribution is 6.09. The van der Waals surface area contributed by atoms with Crippen LogP contribution in [0, 0.1) is 11.8 Å². The molecule has 1 aromatic rings. The summed E-state index contributed by atoms with van der Waals surface area (Å²) in [5.41, 5.74) is 1.24. The molecule has 3 nitrogen and oxygen atoms in total. The van der Waals surface area contributed by atoms with Crippen LogP contribution in [0.1, 0.15) is 12.0 Å². The van der Waals surface area contributed by atoms with Crippen molar-refractivity contribution in [1.29, 1.82) is 0 Å². The molecule has 1 aliphatic heterocycles. The minimum Gasteiger partial charge on any atom is -0.299 e. The summed E-state index contributed by atoms with van der Waals surface area (Å²) in [4.78, 5) is 25.5. The van der Waals surface area contributed by atoms with E-state index in [0.717, 1.165) is 19.6 Å². The first-order valence-electron chi connectivity index (χ1n) is 6.06. The number of hydrogen-bond donors (Lipinski definition) is 0. The molecule has 1 aliphatic carbocycles. The molecule has 0 amide bonds. The van der Waals surface area contributed by atoms with Gasteiger partial charge in [-0.15, -0.1) is 0 Å². The molecule has 88 valence electrons. The van der Waals surface area contributed by atoms with Crippen LogP contribution in [0.15, 0.2) is 30.3 Å². The zero-order valence-electron chi connectivity index (χ0n) is 9.63. The van der Waals surface area contributed by atoms with Gasteiger partial charge < -0.3 is 0 Å². The quantitative estimate of drug-likeness (QED) is 0.717. The standard InChI is InChI=1S/C14H15NO2/c16-13-6-14(17)12-9-15(8-11(12)13)7-10-4-2-1-3-5-10/h1-5,11-12H,6-9H2. The van der Waals surface area contributed by atoms with E-state index in [9.17, 15) is 9.59 Å². The largest absolute Gasteiger partial charge is 0.299 e. The number of carbonyl (C=O) groups excluding carboxylic acids is 2. The van der Waals surface area contributed by atoms with E-state index in [4.69, 9.17) is 0 Å². The minimum atomic E-state index is -0.0220. The van der Waals surface area contributed by atoms with Gasteiger partial charge in [0.25, 0.3) is 0 Å². The first kappa shape index (κ1) is 10.7. The molecule has 1 heterocycles. The summed E-state index contributed by atoms with van der Waals surface area (Å²) in [5.74, 6) is 0.253. The van der Waals surface area contributed by atoms with Crippen LogP contribution in [0.25, 0.3) is 0 Å². The molecule has 2 aliphatic rings. The maximum atomic E-state index is 11.6. The first-order valence-corrected chi connectivity index (χ1v) is 6.06. The fraction of sp³-hybridized carbons (Fsp3) is 0.429. The van der Waals surface area contributed by atoms with Crippen molar-refractivity contribution in [2.45, 2.75) is 13.0 Å². The maximum Gasteiger partial charge on any atom is 0.145 e. The van der Waals surface area contributed by atoms with Crippen LogP contribution in [0.5, 0.6) is 0 Å². The summed E-state index contributed by atoms with van der Waals surface area (Å²) in [6.07, 6.45) is 0.175. The van der Waals surface area contributed by atoms with Crippen molar-refractivity contribution in [3.63, 3.8) is 0 Å². The highest BCUT2D eigenvalue weighted by Gasteiger charge is 2.46. The number of ketones is 2. The SMILES string of the molecule is O=C1CC(=O)C2CN(Cc3ccccc3)CC12. The second-order valence-electron chi connectivity index (χ2n) is 5.00. The van der Waals surface area contributed by atoms with Crippen molar-refractivity contribution in [3.8, 4) is 0 Å². The lowest BCUT2D eigenvalue weighted by Gasteiger charge is -2.16. The molecule has 0 radical (unpaired) electrons. The Bertz CT molecular complexity index is 433. The lowest BCUT2D eigenvalue weighted by atomic mass is 10.00. The van der Waals surface area contributed by atoms with Gasteiger partial charge in [0.15, 0.2) is 0 Å². The van der Waals surface area contributed by atoms with Crippen molar-refractivity contribution in [1.82, 2.24) is 4.90 Å². The van der Waals surface area contributed by atoms with E-state index in [1.54, 1.807) is 0 Å². The van der Waals surface area contributed by atoms with Crippen LogP contribution in [0.4, 0.5) is 0 Å². The Morgan fingerprint density at radius 2 is 1.59 bits per heavy atom. The Morgan fingerprint density at radius 3 is 2.18 bits per heavy atom. The molecule has 0 spiro atoms. The second-order valence-corrected chi connectivity index (χ2v) is 5.00. The van der Waals surface area contributed by atoms with Crippen molar-refractivity contribution in [2.24, 2.45) is 11.8 Å². The third-order valence-electron chi connectivity index (χ3n) is 3.82. The number of benzene rings is 1. The summed E-state index contributed by atoms with van der Waals surface area (Å²) in [6.45, 7) is 2.35. The van der Waals surface area contributed by atoms with Crippen molar-refractivity contribution in [2.75, 3.05) is 13.1 Å². The number of nitrogens with zero attached hydrogens (tertiary/aromatic N) is 1. The molecule has 3 heteroatoms. The van der Waals surface area contributed by atoms with E-state index in [-0.39, 0.29) is 29.8 Å². The maximum absolute atomic E-state index is 11.6. The van der Waals surface area contributed by atoms with Crippen LogP contribution in [0.3, 0.4) is 0 Å². The van der Waals surface area contributed by atoms with Gasteiger partial charge in [0, 0.05) is 31.5 Å². The molecule has 1 saturated carbocycles. The highest BCUT2D eigenvalue weighted by atomic mass is 16.2. The molecule has 1 aromatic carbocycles. The molecule has 17 heavy (non-hydrogen) atoms. The number of Topliss-reactive ketones (excluding diaryl/α,β-unsaturated/α-hetero) is 2. The van der Waals surface area contributed by atoms with Crippen molar-refractivity contribution < 1.29 is 9.59 Å². The molecule has 0 bridgehead atoms. The lowest BCUT2D eigenvalue weighted by Crippen LogP contribution is -2.23. The summed E-state index contributed by atoms with van der Waals surface area (Å²) in [5, 5.41) is 0. The van der Waals surface area contributed by atoms with Gasteiger partial charge in [0.2, 0.25) is 0 Å². The number of hydrogen-bond acceptors (Lipinski definition) is 3. The zero-order chi connectivity index (χ0) is 11.8. The van der Waals surface area contributed by atoms with E-state index in [0.29, 0.717) is 0 Å². The van der Waals surface area contributed by atoms with E-state index < -0.39 is 0 Å². The summed E-state index contributed by atoms with van der Waals surface area (Å²) in [7, 11) is 0. The zero-order valence-corrected chi connectivity index (χ0v) is 9.63. The van der Waals surface area contributed by atoms with Gasteiger partial charge in [-0.2, -0.15) is 0 Å². The Kier molecular flexibility index (Phi) is 2.56. The van der Waals surface area contributed by atoms with Gasteiger partial charge in [-0.25, -0.2) is 0 Å². The Labute approximate surface area is 100 Å². The van der Waals surface area contributed by atoms with E-state index >= 15 is 0 Å². The van der Waals surface area contributed by atoms with E-state index in [2.05, 4.69) is 17.0 Å². The number of likely N-dealkylation sites (tertiary alicyclic amines) is 1. The topological polar surface area (TPSA) is 37.4 Å². The van der Waals surface area contributed by atoms with Gasteiger partial charge in [0.05, 0.1) is 6.42 Å². The predicted octanol–water partition coefficient (Wildman–Crippen LogP) is 1.28. The van der Waals surface area contributed by atoms with Gasteiger partial charge in [-0.05, 0) is 5.56 Å². The number of rotatable bonds is 2. The van der Waals surface area contributed by atoms with Crippen LogP contribution in [-0.2, 0) is 16.1 Å². The molecule has 0 aromatic heterocycles. The third kappa shape index (κ3) is 1.91. The number of carbonyl (C=O) groups is 2. The fourth-order valence-electron chi connectivity index (χ4n) is 2.94. The molecule has 1 saturated heterocycles. The van der Waals surface area contributed by atoms with Crippen LogP contribution in [0.2, 0.25) is 0 Å². The molecule has 2 unspecified atom stereocenters. The Balaban J connectivity index is 1.69. The minimum absolute atomic E-state index is 0.0220. The van der Waals surface area contributed by atoms with Crippen molar-refractivity contribution in [3.05, 3.63) is 35.9 Å². The normalized spacial score (nSPS) is 28.7. The number of fused-ring (bicyclic) bond motifs is 1. The summed E-state index contributed by atoms with van der Waals surface area (Å²) in [6, 6.07) is 10.2. The van der Waals surface area contributed by atoms with Gasteiger partial charge in [0.1, 0.15) is 11.6 Å². The molecule has 3 rings (SSSR count). The van der Waals surface area contributed by atoms with Gasteiger partial charge in [-0.1, -0.05) is 30.3 Å². The van der Waals surface area contributed by atoms with E-state index in [1.807, 2.05) is 18.2 Å². The first-order chi connectivity index (χ1) is 8.24. The molecular weight excluding hydrogens is 214 g/mol. The smallest absolute Gasteiger partial charge is 0.145 e. The summed E-state index contributed by atoms with van der Waals surface area (Å²) >= 11 is 0. The van der Waals surface area contributed by atoms with Crippen LogP contribution >= 0.6 is 0 Å². The highest BCUT2D eigenvalue weighted by Crippen LogP contribution is 2.33. The van der Waals surface area contributed by atoms with Crippen molar-refractivity contribution >= 4 is 11.6 Å². The molecule has 2 fully saturated rings. The Hall–Kier alpha value is -1.48. The monoisotopic (exact) mass is 229 g/mol. The average Bonchev–Trinajstić information content (AvgIpc) is 2.83. The lowest BCUT2D eigenvalue weighted by molar-refractivity contribution is -0.123. The summed E-state index contributed by atoms with van der Waals surface area (Å²) < 4.78 is 0. The second kappa shape index (κ2) is 4.08. The van der Waals surface area contributed by atoms with E-state index in [1.165, 1.54) is 5.56 Å². The van der Waals surface area contributed by atoms with Crippen LogP contribution in [-0.4, -0.2) is 29.6 Å².